The van der Waals surface area contributed by atoms with E-state index in [9.17, 15) is 4.79 Å². The second-order valence-electron chi connectivity index (χ2n) is 7.76. The Bertz CT molecular complexity index is 686. The van der Waals surface area contributed by atoms with Crippen LogP contribution >= 0.6 is 0 Å². The van der Waals surface area contributed by atoms with E-state index >= 15 is 0 Å². The number of nitrogens with zero attached hydrogens (tertiary/aromatic N) is 1. The minimum Gasteiger partial charge on any atom is -0.469 e. The standard InChI is InChI=1S/C22H30N2O2/c1-17-12-18(2)15-24(14-17)16-20-7-4-3-6-19(20)13-23-22(25)10-9-21-8-5-11-26-21/h3-8,11,17-18H,9-10,12-16H2,1-2H3,(H,23,25). The van der Waals surface area contributed by atoms with Gasteiger partial charge in [0.25, 0.3) is 0 Å². The maximum absolute atomic E-state index is 12.1. The summed E-state index contributed by atoms with van der Waals surface area (Å²) >= 11 is 0. The molecule has 1 aromatic heterocycles. The number of aryl methyl sites for hydroxylation is 1. The minimum atomic E-state index is 0.0661. The largest absolute Gasteiger partial charge is 0.469 e. The summed E-state index contributed by atoms with van der Waals surface area (Å²) in [5.74, 6) is 2.43. The Hall–Kier alpha value is -2.07. The molecule has 1 aromatic carbocycles. The first-order valence-electron chi connectivity index (χ1n) is 9.68. The van der Waals surface area contributed by atoms with Crippen molar-refractivity contribution in [3.63, 3.8) is 0 Å². The Kier molecular flexibility index (Phi) is 6.51. The fraction of sp³-hybridized carbons (Fsp3) is 0.500. The molecule has 0 spiro atoms. The number of amides is 1. The predicted octanol–water partition coefficient (Wildman–Crippen LogP) is 4.01. The van der Waals surface area contributed by atoms with Crippen LogP contribution in [0.15, 0.2) is 47.1 Å². The van der Waals surface area contributed by atoms with E-state index in [1.54, 1.807) is 6.26 Å². The Morgan fingerprint density at radius 1 is 1.12 bits per heavy atom. The molecule has 4 heteroatoms. The number of hydrogen-bond acceptors (Lipinski definition) is 3. The second-order valence-corrected chi connectivity index (χ2v) is 7.76. The van der Waals surface area contributed by atoms with E-state index in [0.717, 1.165) is 37.2 Å². The number of carbonyl (C=O) groups is 1. The summed E-state index contributed by atoms with van der Waals surface area (Å²) in [6.07, 6.45) is 4.07. The van der Waals surface area contributed by atoms with Gasteiger partial charge in [0.1, 0.15) is 5.76 Å². The van der Waals surface area contributed by atoms with Gasteiger partial charge in [0.15, 0.2) is 0 Å². The Balaban J connectivity index is 1.52. The van der Waals surface area contributed by atoms with Gasteiger partial charge in [0.2, 0.25) is 5.91 Å². The zero-order chi connectivity index (χ0) is 18.4. The van der Waals surface area contributed by atoms with Crippen LogP contribution in [0.2, 0.25) is 0 Å². The van der Waals surface area contributed by atoms with Gasteiger partial charge >= 0.3 is 0 Å². The number of rotatable bonds is 7. The number of furan rings is 1. The van der Waals surface area contributed by atoms with Crippen LogP contribution in [0.5, 0.6) is 0 Å². The first-order chi connectivity index (χ1) is 12.6. The zero-order valence-corrected chi connectivity index (χ0v) is 15.9. The number of piperidine rings is 1. The Morgan fingerprint density at radius 2 is 1.85 bits per heavy atom. The molecule has 26 heavy (non-hydrogen) atoms. The van der Waals surface area contributed by atoms with E-state index in [1.165, 1.54) is 17.5 Å². The van der Waals surface area contributed by atoms with Crippen LogP contribution in [0.1, 0.15) is 43.6 Å². The molecule has 1 aliphatic rings. The summed E-state index contributed by atoms with van der Waals surface area (Å²) < 4.78 is 5.28. The molecule has 0 bridgehead atoms. The SMILES string of the molecule is CC1CC(C)CN(Cc2ccccc2CNC(=O)CCc2ccco2)C1. The molecule has 1 saturated heterocycles. The van der Waals surface area contributed by atoms with Gasteiger partial charge < -0.3 is 9.73 Å². The van der Waals surface area contributed by atoms with Gasteiger partial charge in [-0.25, -0.2) is 0 Å². The second kappa shape index (κ2) is 9.04. The first kappa shape index (κ1) is 18.7. The average molecular weight is 354 g/mol. The van der Waals surface area contributed by atoms with Crippen molar-refractivity contribution < 1.29 is 9.21 Å². The number of hydrogen-bond donors (Lipinski definition) is 1. The normalized spacial score (nSPS) is 20.8. The van der Waals surface area contributed by atoms with Gasteiger partial charge in [-0.3, -0.25) is 9.69 Å². The van der Waals surface area contributed by atoms with Gasteiger partial charge in [-0.1, -0.05) is 38.1 Å². The van der Waals surface area contributed by atoms with Crippen molar-refractivity contribution in [2.24, 2.45) is 11.8 Å². The predicted molar refractivity (Wildman–Crippen MR) is 104 cm³/mol. The third-order valence-corrected chi connectivity index (χ3v) is 5.11. The van der Waals surface area contributed by atoms with Crippen LogP contribution < -0.4 is 5.32 Å². The Morgan fingerprint density at radius 3 is 2.54 bits per heavy atom. The third-order valence-electron chi connectivity index (χ3n) is 5.11. The maximum Gasteiger partial charge on any atom is 0.220 e. The molecule has 1 amide bonds. The van der Waals surface area contributed by atoms with Crippen molar-refractivity contribution in [1.82, 2.24) is 10.2 Å². The van der Waals surface area contributed by atoms with Crippen molar-refractivity contribution in [1.29, 1.82) is 0 Å². The van der Waals surface area contributed by atoms with Crippen LogP contribution in [0.4, 0.5) is 0 Å². The molecule has 2 heterocycles. The smallest absolute Gasteiger partial charge is 0.220 e. The lowest BCUT2D eigenvalue weighted by atomic mass is 9.91. The van der Waals surface area contributed by atoms with E-state index in [0.29, 0.717) is 19.4 Å². The molecular weight excluding hydrogens is 324 g/mol. The lowest BCUT2D eigenvalue weighted by molar-refractivity contribution is -0.121. The van der Waals surface area contributed by atoms with E-state index in [4.69, 9.17) is 4.42 Å². The van der Waals surface area contributed by atoms with Crippen LogP contribution in [0.3, 0.4) is 0 Å². The molecule has 1 fully saturated rings. The van der Waals surface area contributed by atoms with Crippen molar-refractivity contribution in [2.75, 3.05) is 13.1 Å². The lowest BCUT2D eigenvalue weighted by Crippen LogP contribution is -2.38. The topological polar surface area (TPSA) is 45.5 Å². The molecule has 0 saturated carbocycles. The molecule has 1 aliphatic heterocycles. The van der Waals surface area contributed by atoms with Crippen LogP contribution in [0.25, 0.3) is 0 Å². The minimum absolute atomic E-state index is 0.0661. The van der Waals surface area contributed by atoms with E-state index in [-0.39, 0.29) is 5.91 Å². The van der Waals surface area contributed by atoms with Crippen molar-refractivity contribution in [3.8, 4) is 0 Å². The molecule has 2 unspecified atom stereocenters. The van der Waals surface area contributed by atoms with Crippen LogP contribution in [0, 0.1) is 11.8 Å². The highest BCUT2D eigenvalue weighted by Crippen LogP contribution is 2.23. The number of likely N-dealkylation sites (tertiary alicyclic amines) is 1. The molecule has 2 aromatic rings. The lowest BCUT2D eigenvalue weighted by Gasteiger charge is -2.35. The molecule has 4 nitrogen and oxygen atoms in total. The van der Waals surface area contributed by atoms with Crippen molar-refractivity contribution in [3.05, 3.63) is 59.5 Å². The molecule has 0 aliphatic carbocycles. The highest BCUT2D eigenvalue weighted by Gasteiger charge is 2.22. The highest BCUT2D eigenvalue weighted by atomic mass is 16.3. The molecule has 3 rings (SSSR count). The summed E-state index contributed by atoms with van der Waals surface area (Å²) in [5.41, 5.74) is 2.53. The summed E-state index contributed by atoms with van der Waals surface area (Å²) in [5, 5.41) is 3.06. The van der Waals surface area contributed by atoms with Crippen LogP contribution in [-0.4, -0.2) is 23.9 Å². The van der Waals surface area contributed by atoms with E-state index in [1.807, 2.05) is 12.1 Å². The van der Waals surface area contributed by atoms with Gasteiger partial charge in [-0.15, -0.1) is 0 Å². The average Bonchev–Trinajstić information content (AvgIpc) is 3.12. The first-order valence-corrected chi connectivity index (χ1v) is 9.68. The molecule has 140 valence electrons. The number of benzene rings is 1. The summed E-state index contributed by atoms with van der Waals surface area (Å²) in [6, 6.07) is 12.2. The molecule has 1 N–H and O–H groups in total. The van der Waals surface area contributed by atoms with Gasteiger partial charge in [-0.05, 0) is 41.5 Å². The molecular formula is C22H30N2O2. The Labute approximate surface area is 156 Å². The van der Waals surface area contributed by atoms with Crippen molar-refractivity contribution >= 4 is 5.91 Å². The number of carbonyl (C=O) groups excluding carboxylic acids is 1. The van der Waals surface area contributed by atoms with E-state index < -0.39 is 0 Å². The summed E-state index contributed by atoms with van der Waals surface area (Å²) in [6.45, 7) is 8.56. The fourth-order valence-electron chi connectivity index (χ4n) is 4.02. The van der Waals surface area contributed by atoms with Crippen LogP contribution in [-0.2, 0) is 24.3 Å². The number of nitrogens with one attached hydrogen (secondary N) is 1. The van der Waals surface area contributed by atoms with E-state index in [2.05, 4.69) is 48.3 Å². The molecule has 2 atom stereocenters. The maximum atomic E-state index is 12.1. The monoisotopic (exact) mass is 354 g/mol. The molecule has 0 radical (unpaired) electrons. The van der Waals surface area contributed by atoms with Crippen molar-refractivity contribution in [2.45, 2.75) is 46.2 Å². The summed E-state index contributed by atoms with van der Waals surface area (Å²) in [7, 11) is 0. The fourth-order valence-corrected chi connectivity index (χ4v) is 4.02. The quantitative estimate of drug-likeness (QED) is 0.817. The van der Waals surface area contributed by atoms with Gasteiger partial charge in [0, 0.05) is 39.0 Å². The highest BCUT2D eigenvalue weighted by molar-refractivity contribution is 5.76. The van der Waals surface area contributed by atoms with Gasteiger partial charge in [-0.2, -0.15) is 0 Å². The zero-order valence-electron chi connectivity index (χ0n) is 15.9. The third kappa shape index (κ3) is 5.46. The van der Waals surface area contributed by atoms with Gasteiger partial charge in [0.05, 0.1) is 6.26 Å². The summed E-state index contributed by atoms with van der Waals surface area (Å²) in [4.78, 5) is 14.7.